The summed E-state index contributed by atoms with van der Waals surface area (Å²) in [5.41, 5.74) is 3.08. The van der Waals surface area contributed by atoms with Crippen molar-refractivity contribution in [3.63, 3.8) is 0 Å². The van der Waals surface area contributed by atoms with Gasteiger partial charge in [-0.1, -0.05) is 53.5 Å². The highest BCUT2D eigenvalue weighted by Crippen LogP contribution is 2.35. The zero-order chi connectivity index (χ0) is 21.7. The van der Waals surface area contributed by atoms with Crippen LogP contribution < -0.4 is 0 Å². The Morgan fingerprint density at radius 1 is 0.700 bits per heavy atom. The largest absolute Gasteiger partial charge is 0.462 e. The van der Waals surface area contributed by atoms with E-state index in [1.54, 1.807) is 44.2 Å². The number of carbonyl (C=O) groups excluding carboxylic acids is 2. The van der Waals surface area contributed by atoms with E-state index in [1.165, 1.54) is 0 Å². The van der Waals surface area contributed by atoms with Gasteiger partial charge in [-0.2, -0.15) is 0 Å². The van der Waals surface area contributed by atoms with Gasteiger partial charge in [-0.05, 0) is 66.4 Å². The summed E-state index contributed by atoms with van der Waals surface area (Å²) in [4.78, 5) is 25.6. The van der Waals surface area contributed by atoms with Crippen molar-refractivity contribution in [3.05, 3.63) is 81.8 Å². The van der Waals surface area contributed by atoms with Crippen LogP contribution in [0.5, 0.6) is 0 Å². The van der Waals surface area contributed by atoms with Gasteiger partial charge >= 0.3 is 11.9 Å². The monoisotopic (exact) mass is 442 g/mol. The Balaban J connectivity index is 2.33. The maximum atomic E-state index is 12.8. The molecule has 0 N–H and O–H groups in total. The first-order valence-electron chi connectivity index (χ1n) is 9.48. The molecular formula is C24H20Cl2O4. The molecule has 3 aromatic rings. The molecule has 3 aromatic carbocycles. The summed E-state index contributed by atoms with van der Waals surface area (Å²) in [5, 5.41) is 0.828. The number of rotatable bonds is 6. The van der Waals surface area contributed by atoms with E-state index < -0.39 is 11.9 Å². The van der Waals surface area contributed by atoms with Crippen LogP contribution in [0.3, 0.4) is 0 Å². The van der Waals surface area contributed by atoms with Crippen LogP contribution >= 0.6 is 23.2 Å². The molecule has 0 aliphatic rings. The molecular weight excluding hydrogens is 423 g/mol. The van der Waals surface area contributed by atoms with Crippen molar-refractivity contribution in [2.45, 2.75) is 13.8 Å². The standard InChI is InChI=1S/C24H20Cl2O4/c1-3-29-23(27)21-14-20(16-10-17(25)12-18(26)11-16)22(24(28)30-4-2)13-19(21)15-8-6-5-7-9-15/h5-14H,3-4H2,1-2H3. The Morgan fingerprint density at radius 3 is 1.63 bits per heavy atom. The number of hydrogen-bond acceptors (Lipinski definition) is 4. The lowest BCUT2D eigenvalue weighted by atomic mass is 9.90. The van der Waals surface area contributed by atoms with Gasteiger partial charge in [-0.15, -0.1) is 0 Å². The molecule has 30 heavy (non-hydrogen) atoms. The molecule has 0 aliphatic carbocycles. The van der Waals surface area contributed by atoms with Crippen LogP contribution in [0.2, 0.25) is 10.0 Å². The molecule has 0 heterocycles. The highest BCUT2D eigenvalue weighted by atomic mass is 35.5. The maximum absolute atomic E-state index is 12.8. The fraction of sp³-hybridized carbons (Fsp3) is 0.167. The van der Waals surface area contributed by atoms with Crippen molar-refractivity contribution in [1.29, 1.82) is 0 Å². The van der Waals surface area contributed by atoms with Gasteiger partial charge in [-0.25, -0.2) is 9.59 Å². The highest BCUT2D eigenvalue weighted by molar-refractivity contribution is 6.35. The number of halogens is 2. The maximum Gasteiger partial charge on any atom is 0.338 e. The van der Waals surface area contributed by atoms with E-state index in [-0.39, 0.29) is 13.2 Å². The summed E-state index contributed by atoms with van der Waals surface area (Å²) >= 11 is 12.4. The summed E-state index contributed by atoms with van der Waals surface area (Å²) in [6.07, 6.45) is 0. The second kappa shape index (κ2) is 9.79. The summed E-state index contributed by atoms with van der Waals surface area (Å²) in [6.45, 7) is 3.92. The van der Waals surface area contributed by atoms with Gasteiger partial charge in [0.25, 0.3) is 0 Å². The van der Waals surface area contributed by atoms with Crippen LogP contribution in [-0.4, -0.2) is 25.2 Å². The Kier molecular flexibility index (Phi) is 7.14. The lowest BCUT2D eigenvalue weighted by Crippen LogP contribution is -2.11. The Hall–Kier alpha value is -2.82. The number of carbonyl (C=O) groups is 2. The molecule has 0 spiro atoms. The number of hydrogen-bond donors (Lipinski definition) is 0. The van der Waals surface area contributed by atoms with E-state index in [1.807, 2.05) is 30.3 Å². The molecule has 0 amide bonds. The zero-order valence-corrected chi connectivity index (χ0v) is 18.1. The molecule has 0 unspecified atom stereocenters. The van der Waals surface area contributed by atoms with E-state index >= 15 is 0 Å². The molecule has 154 valence electrons. The summed E-state index contributed by atoms with van der Waals surface area (Å²) < 4.78 is 10.5. The van der Waals surface area contributed by atoms with Crippen LogP contribution in [0.15, 0.2) is 60.7 Å². The smallest absolute Gasteiger partial charge is 0.338 e. The molecule has 0 aromatic heterocycles. The summed E-state index contributed by atoms with van der Waals surface area (Å²) in [7, 11) is 0. The first-order valence-corrected chi connectivity index (χ1v) is 10.2. The van der Waals surface area contributed by atoms with Gasteiger partial charge < -0.3 is 9.47 Å². The molecule has 0 saturated carbocycles. The summed E-state index contributed by atoms with van der Waals surface area (Å²) in [6, 6.07) is 17.6. The lowest BCUT2D eigenvalue weighted by Gasteiger charge is -2.16. The minimum absolute atomic E-state index is 0.217. The lowest BCUT2D eigenvalue weighted by molar-refractivity contribution is 0.0513. The van der Waals surface area contributed by atoms with Gasteiger partial charge in [0.1, 0.15) is 0 Å². The van der Waals surface area contributed by atoms with Crippen molar-refractivity contribution in [2.75, 3.05) is 13.2 Å². The van der Waals surface area contributed by atoms with Gasteiger partial charge in [0.15, 0.2) is 0 Å². The Labute approximate surface area is 185 Å². The minimum atomic E-state index is -0.504. The molecule has 0 aliphatic heterocycles. The third-order valence-corrected chi connectivity index (χ3v) is 4.84. The van der Waals surface area contributed by atoms with E-state index in [9.17, 15) is 9.59 Å². The SMILES string of the molecule is CCOC(=O)c1cc(-c2cc(Cl)cc(Cl)c2)c(C(=O)OCC)cc1-c1ccccc1. The first-order chi connectivity index (χ1) is 14.4. The molecule has 3 rings (SSSR count). The van der Waals surface area contributed by atoms with Crippen molar-refractivity contribution < 1.29 is 19.1 Å². The molecule has 4 nitrogen and oxygen atoms in total. The van der Waals surface area contributed by atoms with Gasteiger partial charge in [0.2, 0.25) is 0 Å². The molecule has 0 atom stereocenters. The van der Waals surface area contributed by atoms with Crippen LogP contribution in [-0.2, 0) is 9.47 Å². The summed E-state index contributed by atoms with van der Waals surface area (Å²) in [5.74, 6) is -0.989. The van der Waals surface area contributed by atoms with E-state index in [0.717, 1.165) is 5.56 Å². The molecule has 0 fully saturated rings. The van der Waals surface area contributed by atoms with Crippen molar-refractivity contribution >= 4 is 35.1 Å². The number of esters is 2. The average Bonchev–Trinajstić information content (AvgIpc) is 2.73. The average molecular weight is 443 g/mol. The highest BCUT2D eigenvalue weighted by Gasteiger charge is 2.23. The van der Waals surface area contributed by atoms with Crippen molar-refractivity contribution in [3.8, 4) is 22.3 Å². The van der Waals surface area contributed by atoms with Gasteiger partial charge in [-0.3, -0.25) is 0 Å². The normalized spacial score (nSPS) is 10.5. The number of benzene rings is 3. The first kappa shape index (κ1) is 21.9. The predicted molar refractivity (Wildman–Crippen MR) is 119 cm³/mol. The minimum Gasteiger partial charge on any atom is -0.462 e. The number of ether oxygens (including phenoxy) is 2. The van der Waals surface area contributed by atoms with Crippen molar-refractivity contribution in [2.24, 2.45) is 0 Å². The molecule has 0 saturated heterocycles. The molecule has 6 heteroatoms. The molecule has 0 bridgehead atoms. The fourth-order valence-corrected chi connectivity index (χ4v) is 3.69. The van der Waals surface area contributed by atoms with Crippen LogP contribution in [0.25, 0.3) is 22.3 Å². The Bertz CT molecular complexity index is 1060. The van der Waals surface area contributed by atoms with E-state index in [0.29, 0.717) is 37.9 Å². The van der Waals surface area contributed by atoms with Crippen molar-refractivity contribution in [1.82, 2.24) is 0 Å². The van der Waals surface area contributed by atoms with Crippen LogP contribution in [0.4, 0.5) is 0 Å². The second-order valence-corrected chi connectivity index (χ2v) is 7.28. The van der Waals surface area contributed by atoms with Gasteiger partial charge in [0.05, 0.1) is 24.3 Å². The fourth-order valence-electron chi connectivity index (χ4n) is 3.16. The molecule has 0 radical (unpaired) electrons. The second-order valence-electron chi connectivity index (χ2n) is 6.41. The van der Waals surface area contributed by atoms with E-state index in [4.69, 9.17) is 32.7 Å². The zero-order valence-electron chi connectivity index (χ0n) is 16.6. The quantitative estimate of drug-likeness (QED) is 0.399. The Morgan fingerprint density at radius 2 is 1.17 bits per heavy atom. The third kappa shape index (κ3) is 4.84. The third-order valence-electron chi connectivity index (χ3n) is 4.41. The van der Waals surface area contributed by atoms with E-state index in [2.05, 4.69) is 0 Å². The topological polar surface area (TPSA) is 52.6 Å². The van der Waals surface area contributed by atoms with Gasteiger partial charge in [0, 0.05) is 10.0 Å². The van der Waals surface area contributed by atoms with Crippen LogP contribution in [0.1, 0.15) is 34.6 Å². The predicted octanol–water partition coefficient (Wildman–Crippen LogP) is 6.68. The van der Waals surface area contributed by atoms with Crippen LogP contribution in [0, 0.1) is 0 Å².